The molecule has 0 unspecified atom stereocenters. The van der Waals surface area contributed by atoms with Crippen molar-refractivity contribution in [3.8, 4) is 10.6 Å². The minimum absolute atomic E-state index is 0.149. The summed E-state index contributed by atoms with van der Waals surface area (Å²) in [5.74, 6) is -0.149. The summed E-state index contributed by atoms with van der Waals surface area (Å²) < 4.78 is 0. The molecule has 0 aliphatic rings. The molecule has 21 heavy (non-hydrogen) atoms. The van der Waals surface area contributed by atoms with Crippen LogP contribution < -0.4 is 10.6 Å². The number of likely N-dealkylation sites (N-methyl/N-ethyl adjacent to an activating group) is 1. The van der Waals surface area contributed by atoms with Gasteiger partial charge in [-0.05, 0) is 25.6 Å². The highest BCUT2D eigenvalue weighted by Gasteiger charge is 2.12. The number of benzene rings is 1. The third-order valence-electron chi connectivity index (χ3n) is 2.93. The number of amides is 1. The molecule has 0 aliphatic carbocycles. The lowest BCUT2D eigenvalue weighted by Gasteiger charge is -2.12. The van der Waals surface area contributed by atoms with Crippen LogP contribution in [0.4, 0.5) is 0 Å². The molecule has 2 N–H and O–H groups in total. The Morgan fingerprint density at radius 3 is 3.00 bits per heavy atom. The number of nitrogens with zero attached hydrogens (tertiary/aromatic N) is 1. The summed E-state index contributed by atoms with van der Waals surface area (Å²) in [6, 6.07) is 7.70. The Morgan fingerprint density at radius 1 is 1.48 bits per heavy atom. The minimum Gasteiger partial charge on any atom is -0.349 e. The highest BCUT2D eigenvalue weighted by atomic mass is 35.5. The van der Waals surface area contributed by atoms with Gasteiger partial charge in [-0.3, -0.25) is 4.79 Å². The van der Waals surface area contributed by atoms with E-state index in [1.807, 2.05) is 38.1 Å². The average molecular weight is 324 g/mol. The first-order valence-electron chi connectivity index (χ1n) is 6.83. The normalized spacial score (nSPS) is 12.1. The summed E-state index contributed by atoms with van der Waals surface area (Å²) in [5.41, 5.74) is 1.37. The lowest BCUT2D eigenvalue weighted by Crippen LogP contribution is -2.38. The smallest absolute Gasteiger partial charge is 0.270 e. The molecule has 0 spiro atoms. The lowest BCUT2D eigenvalue weighted by molar-refractivity contribution is 0.0946. The fraction of sp³-hybridized carbons (Fsp3) is 0.333. The number of thiazole rings is 1. The van der Waals surface area contributed by atoms with Gasteiger partial charge in [0.25, 0.3) is 5.91 Å². The van der Waals surface area contributed by atoms with E-state index in [1.54, 1.807) is 5.38 Å². The third kappa shape index (κ3) is 4.52. The van der Waals surface area contributed by atoms with Gasteiger partial charge in [-0.1, -0.05) is 30.7 Å². The zero-order valence-electron chi connectivity index (χ0n) is 12.0. The van der Waals surface area contributed by atoms with Gasteiger partial charge in [0, 0.05) is 28.6 Å². The van der Waals surface area contributed by atoms with Gasteiger partial charge in [-0.2, -0.15) is 0 Å². The van der Waals surface area contributed by atoms with E-state index in [0.717, 1.165) is 17.1 Å². The first-order chi connectivity index (χ1) is 10.1. The van der Waals surface area contributed by atoms with Crippen LogP contribution in [0.3, 0.4) is 0 Å². The van der Waals surface area contributed by atoms with Gasteiger partial charge in [0.1, 0.15) is 10.7 Å². The first-order valence-corrected chi connectivity index (χ1v) is 8.09. The summed E-state index contributed by atoms with van der Waals surface area (Å²) in [7, 11) is 0. The molecule has 0 aliphatic heterocycles. The van der Waals surface area contributed by atoms with Crippen LogP contribution >= 0.6 is 22.9 Å². The molecule has 1 aromatic carbocycles. The molecule has 1 atom stereocenters. The molecule has 0 fully saturated rings. The van der Waals surface area contributed by atoms with Crippen molar-refractivity contribution in [2.75, 3.05) is 13.1 Å². The van der Waals surface area contributed by atoms with Crippen molar-refractivity contribution < 1.29 is 4.79 Å². The second kappa shape index (κ2) is 7.54. The second-order valence-electron chi connectivity index (χ2n) is 4.72. The Kier molecular flexibility index (Phi) is 5.73. The Balaban J connectivity index is 2.01. The summed E-state index contributed by atoms with van der Waals surface area (Å²) in [6.45, 7) is 5.53. The maximum atomic E-state index is 12.0. The quantitative estimate of drug-likeness (QED) is 0.858. The molecule has 2 rings (SSSR count). The SMILES string of the molecule is CCN[C@H](C)CNC(=O)c1csc(-c2cccc(Cl)c2)n1. The molecule has 1 heterocycles. The van der Waals surface area contributed by atoms with Crippen LogP contribution in [0.1, 0.15) is 24.3 Å². The number of carbonyl (C=O) groups is 1. The highest BCUT2D eigenvalue weighted by Crippen LogP contribution is 2.25. The van der Waals surface area contributed by atoms with Crippen LogP contribution in [0.25, 0.3) is 10.6 Å². The van der Waals surface area contributed by atoms with Crippen molar-refractivity contribution >= 4 is 28.8 Å². The third-order valence-corrected chi connectivity index (χ3v) is 4.06. The molecular weight excluding hydrogens is 306 g/mol. The number of aromatic nitrogens is 1. The molecule has 4 nitrogen and oxygen atoms in total. The van der Waals surface area contributed by atoms with Crippen LogP contribution in [-0.2, 0) is 0 Å². The van der Waals surface area contributed by atoms with Gasteiger partial charge < -0.3 is 10.6 Å². The average Bonchev–Trinajstić information content (AvgIpc) is 2.95. The van der Waals surface area contributed by atoms with Crippen LogP contribution in [0.15, 0.2) is 29.6 Å². The van der Waals surface area contributed by atoms with E-state index in [1.165, 1.54) is 11.3 Å². The van der Waals surface area contributed by atoms with Gasteiger partial charge in [0.15, 0.2) is 0 Å². The highest BCUT2D eigenvalue weighted by molar-refractivity contribution is 7.13. The number of halogens is 1. The van der Waals surface area contributed by atoms with Crippen molar-refractivity contribution in [2.45, 2.75) is 19.9 Å². The summed E-state index contributed by atoms with van der Waals surface area (Å²) in [5, 5.41) is 9.34. The zero-order chi connectivity index (χ0) is 15.2. The number of hydrogen-bond acceptors (Lipinski definition) is 4. The number of rotatable bonds is 6. The molecule has 1 aromatic heterocycles. The Hall–Kier alpha value is -1.43. The fourth-order valence-electron chi connectivity index (χ4n) is 1.89. The van der Waals surface area contributed by atoms with Gasteiger partial charge in [0.2, 0.25) is 0 Å². The van der Waals surface area contributed by atoms with E-state index < -0.39 is 0 Å². The minimum atomic E-state index is -0.149. The Morgan fingerprint density at radius 2 is 2.29 bits per heavy atom. The van der Waals surface area contributed by atoms with E-state index in [9.17, 15) is 4.79 Å². The van der Waals surface area contributed by atoms with E-state index in [-0.39, 0.29) is 11.9 Å². The first kappa shape index (κ1) is 15.9. The molecule has 1 amide bonds. The van der Waals surface area contributed by atoms with Gasteiger partial charge in [-0.15, -0.1) is 11.3 Å². The molecule has 0 radical (unpaired) electrons. The molecule has 6 heteroatoms. The van der Waals surface area contributed by atoms with Gasteiger partial charge in [0.05, 0.1) is 0 Å². The predicted octanol–water partition coefficient (Wildman–Crippen LogP) is 3.19. The standard InChI is InChI=1S/C15H18ClN3OS/c1-3-17-10(2)8-18-14(20)13-9-21-15(19-13)11-5-4-6-12(16)7-11/h4-7,9-10,17H,3,8H2,1-2H3,(H,18,20)/t10-/m1/s1. The Bertz CT molecular complexity index is 614. The maximum absolute atomic E-state index is 12.0. The van der Waals surface area contributed by atoms with Crippen molar-refractivity contribution in [3.05, 3.63) is 40.4 Å². The summed E-state index contributed by atoms with van der Waals surface area (Å²) in [4.78, 5) is 16.4. The van der Waals surface area contributed by atoms with E-state index >= 15 is 0 Å². The van der Waals surface area contributed by atoms with E-state index in [4.69, 9.17) is 11.6 Å². The summed E-state index contributed by atoms with van der Waals surface area (Å²) >= 11 is 7.41. The predicted molar refractivity (Wildman–Crippen MR) is 88.0 cm³/mol. The van der Waals surface area contributed by atoms with Crippen molar-refractivity contribution in [3.63, 3.8) is 0 Å². The molecule has 2 aromatic rings. The molecule has 0 saturated carbocycles. The fourth-order valence-corrected chi connectivity index (χ4v) is 2.88. The molecule has 0 bridgehead atoms. The van der Waals surface area contributed by atoms with Gasteiger partial charge in [-0.25, -0.2) is 4.98 Å². The van der Waals surface area contributed by atoms with Crippen LogP contribution in [0.2, 0.25) is 5.02 Å². The second-order valence-corrected chi connectivity index (χ2v) is 6.01. The summed E-state index contributed by atoms with van der Waals surface area (Å²) in [6.07, 6.45) is 0. The molecule has 112 valence electrons. The van der Waals surface area contributed by atoms with E-state index in [2.05, 4.69) is 15.6 Å². The maximum Gasteiger partial charge on any atom is 0.270 e. The van der Waals surface area contributed by atoms with Crippen LogP contribution in [-0.4, -0.2) is 30.0 Å². The number of nitrogens with one attached hydrogen (secondary N) is 2. The van der Waals surface area contributed by atoms with Crippen molar-refractivity contribution in [1.82, 2.24) is 15.6 Å². The Labute approximate surface area is 133 Å². The molecular formula is C15H18ClN3OS. The monoisotopic (exact) mass is 323 g/mol. The van der Waals surface area contributed by atoms with Crippen LogP contribution in [0.5, 0.6) is 0 Å². The lowest BCUT2D eigenvalue weighted by atomic mass is 10.2. The van der Waals surface area contributed by atoms with Crippen LogP contribution in [0, 0.1) is 0 Å². The number of hydrogen-bond donors (Lipinski definition) is 2. The molecule has 0 saturated heterocycles. The van der Waals surface area contributed by atoms with Crippen molar-refractivity contribution in [2.24, 2.45) is 0 Å². The van der Waals surface area contributed by atoms with Crippen molar-refractivity contribution in [1.29, 1.82) is 0 Å². The van der Waals surface area contributed by atoms with E-state index in [0.29, 0.717) is 17.3 Å². The number of carbonyl (C=O) groups excluding carboxylic acids is 1. The zero-order valence-corrected chi connectivity index (χ0v) is 13.6. The topological polar surface area (TPSA) is 54.0 Å². The largest absolute Gasteiger partial charge is 0.349 e. The van der Waals surface area contributed by atoms with Gasteiger partial charge >= 0.3 is 0 Å².